The maximum Gasteiger partial charge on any atom is 0.244 e. The number of halogens is 3. The number of rotatable bonds is 3. The maximum absolute atomic E-state index is 13.2. The number of fused-ring (bicyclic) bond motifs is 1. The first-order valence-corrected chi connectivity index (χ1v) is 12.3. The fourth-order valence-electron chi connectivity index (χ4n) is 4.00. The average molecular weight is 518 g/mol. The van der Waals surface area contributed by atoms with E-state index in [0.29, 0.717) is 31.0 Å². The number of piperidine rings is 1. The van der Waals surface area contributed by atoms with E-state index in [1.165, 1.54) is 16.4 Å². The molecule has 0 N–H and O–H groups in total. The van der Waals surface area contributed by atoms with Gasteiger partial charge < -0.3 is 4.90 Å². The highest BCUT2D eigenvalue weighted by Gasteiger charge is 2.37. The number of amides is 1. The van der Waals surface area contributed by atoms with Crippen LogP contribution in [0.2, 0.25) is 10.0 Å². The predicted octanol–water partition coefficient (Wildman–Crippen LogP) is 4.75. The topological polar surface area (TPSA) is 57.7 Å². The standard InChI is InChI=1S/C20H19BrCl2N2O3S/c21-15-3-6-18-13(10-15)7-9-25(18)20(26)14-2-1-8-24(12-14)29(27,28)19-11-16(22)4-5-17(19)23/h3-6,10-11,14H,1-2,7-9,12H2/t14-/m0/s1. The fraction of sp³-hybridized carbons (Fsp3) is 0.350. The highest BCUT2D eigenvalue weighted by Crippen LogP contribution is 2.34. The minimum atomic E-state index is -3.83. The molecule has 0 aliphatic carbocycles. The number of sulfonamides is 1. The molecule has 0 aromatic heterocycles. The van der Waals surface area contributed by atoms with E-state index in [-0.39, 0.29) is 28.3 Å². The van der Waals surface area contributed by atoms with E-state index < -0.39 is 10.0 Å². The number of benzene rings is 2. The lowest BCUT2D eigenvalue weighted by Crippen LogP contribution is -2.46. The number of hydrogen-bond acceptors (Lipinski definition) is 3. The third-order valence-electron chi connectivity index (χ3n) is 5.45. The van der Waals surface area contributed by atoms with Gasteiger partial charge in [-0.15, -0.1) is 0 Å². The second-order valence-electron chi connectivity index (χ2n) is 7.29. The van der Waals surface area contributed by atoms with Crippen molar-refractivity contribution < 1.29 is 13.2 Å². The molecule has 2 aromatic carbocycles. The number of carbonyl (C=O) groups is 1. The summed E-state index contributed by atoms with van der Waals surface area (Å²) in [5.41, 5.74) is 2.04. The molecule has 29 heavy (non-hydrogen) atoms. The molecule has 2 aliphatic heterocycles. The molecule has 0 radical (unpaired) electrons. The normalized spacial score (nSPS) is 20.0. The Labute approximate surface area is 188 Å². The van der Waals surface area contributed by atoms with Crippen molar-refractivity contribution in [1.29, 1.82) is 0 Å². The van der Waals surface area contributed by atoms with Gasteiger partial charge in [-0.25, -0.2) is 8.42 Å². The van der Waals surface area contributed by atoms with Crippen LogP contribution in [0.15, 0.2) is 45.8 Å². The van der Waals surface area contributed by atoms with Crippen LogP contribution >= 0.6 is 39.1 Å². The third-order valence-corrected chi connectivity index (χ3v) is 8.52. The molecule has 1 saturated heterocycles. The first-order valence-electron chi connectivity index (χ1n) is 9.32. The quantitative estimate of drug-likeness (QED) is 0.590. The van der Waals surface area contributed by atoms with Crippen molar-refractivity contribution in [2.75, 3.05) is 24.5 Å². The van der Waals surface area contributed by atoms with E-state index in [1.54, 1.807) is 11.0 Å². The van der Waals surface area contributed by atoms with Gasteiger partial charge in [0.2, 0.25) is 15.9 Å². The van der Waals surface area contributed by atoms with Gasteiger partial charge in [0.1, 0.15) is 4.90 Å². The van der Waals surface area contributed by atoms with Crippen molar-refractivity contribution in [3.63, 3.8) is 0 Å². The Hall–Kier alpha value is -1.12. The van der Waals surface area contributed by atoms with Crippen LogP contribution in [0.25, 0.3) is 0 Å². The van der Waals surface area contributed by atoms with Gasteiger partial charge >= 0.3 is 0 Å². The van der Waals surface area contributed by atoms with Gasteiger partial charge in [0.15, 0.2) is 0 Å². The zero-order chi connectivity index (χ0) is 20.8. The Morgan fingerprint density at radius 3 is 2.69 bits per heavy atom. The van der Waals surface area contributed by atoms with Crippen LogP contribution in [0.4, 0.5) is 5.69 Å². The molecule has 2 aliphatic rings. The molecule has 1 atom stereocenters. The fourth-order valence-corrected chi connectivity index (χ4v) is 6.67. The Morgan fingerprint density at radius 2 is 1.90 bits per heavy atom. The van der Waals surface area contributed by atoms with Crippen LogP contribution in [0.1, 0.15) is 18.4 Å². The lowest BCUT2D eigenvalue weighted by molar-refractivity contribution is -0.123. The van der Waals surface area contributed by atoms with Crippen LogP contribution in [-0.4, -0.2) is 38.3 Å². The predicted molar refractivity (Wildman–Crippen MR) is 118 cm³/mol. The molecule has 0 saturated carbocycles. The Balaban J connectivity index is 1.56. The van der Waals surface area contributed by atoms with Crippen LogP contribution in [0, 0.1) is 5.92 Å². The van der Waals surface area contributed by atoms with Crippen LogP contribution < -0.4 is 4.90 Å². The van der Waals surface area contributed by atoms with Crippen molar-refractivity contribution in [3.8, 4) is 0 Å². The summed E-state index contributed by atoms with van der Waals surface area (Å²) in [6.07, 6.45) is 2.08. The van der Waals surface area contributed by atoms with Crippen LogP contribution in [0.5, 0.6) is 0 Å². The first-order chi connectivity index (χ1) is 13.8. The summed E-state index contributed by atoms with van der Waals surface area (Å²) in [5, 5.41) is 0.430. The van der Waals surface area contributed by atoms with Crippen molar-refractivity contribution in [2.24, 2.45) is 5.92 Å². The van der Waals surface area contributed by atoms with Gasteiger partial charge in [-0.2, -0.15) is 4.31 Å². The number of carbonyl (C=O) groups excluding carboxylic acids is 1. The van der Waals surface area contributed by atoms with Crippen molar-refractivity contribution >= 4 is 60.7 Å². The lowest BCUT2D eigenvalue weighted by atomic mass is 9.98. The highest BCUT2D eigenvalue weighted by molar-refractivity contribution is 9.10. The van der Waals surface area contributed by atoms with E-state index >= 15 is 0 Å². The molecule has 9 heteroatoms. The van der Waals surface area contributed by atoms with E-state index in [1.807, 2.05) is 18.2 Å². The van der Waals surface area contributed by atoms with Crippen molar-refractivity contribution in [3.05, 3.63) is 56.5 Å². The SMILES string of the molecule is O=C([C@H]1CCCN(S(=O)(=O)c2cc(Cl)ccc2Cl)C1)N1CCc2cc(Br)ccc21. The average Bonchev–Trinajstić information content (AvgIpc) is 3.12. The number of hydrogen-bond donors (Lipinski definition) is 0. The van der Waals surface area contributed by atoms with Gasteiger partial charge in [0.05, 0.1) is 10.9 Å². The molecule has 2 heterocycles. The summed E-state index contributed by atoms with van der Waals surface area (Å²) in [6.45, 7) is 1.12. The zero-order valence-corrected chi connectivity index (χ0v) is 19.4. The minimum Gasteiger partial charge on any atom is -0.312 e. The smallest absolute Gasteiger partial charge is 0.244 e. The molecule has 0 unspecified atom stereocenters. The number of anilines is 1. The van der Waals surface area contributed by atoms with Crippen LogP contribution in [-0.2, 0) is 21.2 Å². The van der Waals surface area contributed by atoms with Crippen molar-refractivity contribution in [2.45, 2.75) is 24.2 Å². The molecule has 0 bridgehead atoms. The summed E-state index contributed by atoms with van der Waals surface area (Å²) >= 11 is 15.6. The van der Waals surface area contributed by atoms with E-state index in [2.05, 4.69) is 15.9 Å². The van der Waals surface area contributed by atoms with Gasteiger partial charge in [-0.1, -0.05) is 39.1 Å². The summed E-state index contributed by atoms with van der Waals surface area (Å²) in [6, 6.07) is 10.3. The lowest BCUT2D eigenvalue weighted by Gasteiger charge is -2.33. The first kappa shape index (κ1) is 21.1. The zero-order valence-electron chi connectivity index (χ0n) is 15.4. The summed E-state index contributed by atoms with van der Waals surface area (Å²) in [5.74, 6) is -0.408. The molecule has 0 spiro atoms. The highest BCUT2D eigenvalue weighted by atomic mass is 79.9. The molecule has 154 valence electrons. The number of nitrogens with zero attached hydrogens (tertiary/aromatic N) is 2. The van der Waals surface area contributed by atoms with E-state index in [4.69, 9.17) is 23.2 Å². The Bertz CT molecular complexity index is 1080. The van der Waals surface area contributed by atoms with Gasteiger partial charge in [0, 0.05) is 34.8 Å². The summed E-state index contributed by atoms with van der Waals surface area (Å²) in [4.78, 5) is 15.0. The molecule has 1 amide bonds. The Kier molecular flexibility index (Phi) is 5.97. The monoisotopic (exact) mass is 516 g/mol. The Morgan fingerprint density at radius 1 is 1.10 bits per heavy atom. The third kappa shape index (κ3) is 4.08. The molecular weight excluding hydrogens is 499 g/mol. The molecular formula is C20H19BrCl2N2O3S. The van der Waals surface area contributed by atoms with Crippen molar-refractivity contribution in [1.82, 2.24) is 4.31 Å². The summed E-state index contributed by atoms with van der Waals surface area (Å²) < 4.78 is 28.6. The van der Waals surface area contributed by atoms with Crippen LogP contribution in [0.3, 0.4) is 0 Å². The molecule has 5 nitrogen and oxygen atoms in total. The second kappa shape index (κ2) is 8.19. The largest absolute Gasteiger partial charge is 0.312 e. The minimum absolute atomic E-state index is 0.0175. The van der Waals surface area contributed by atoms with E-state index in [0.717, 1.165) is 22.1 Å². The second-order valence-corrected chi connectivity index (χ2v) is 11.0. The van der Waals surface area contributed by atoms with Gasteiger partial charge in [-0.05, 0) is 61.2 Å². The van der Waals surface area contributed by atoms with E-state index in [9.17, 15) is 13.2 Å². The van der Waals surface area contributed by atoms with Gasteiger partial charge in [-0.3, -0.25) is 4.79 Å². The molecule has 4 rings (SSSR count). The molecule has 1 fully saturated rings. The molecule has 2 aromatic rings. The van der Waals surface area contributed by atoms with Gasteiger partial charge in [0.25, 0.3) is 0 Å². The maximum atomic E-state index is 13.2. The summed E-state index contributed by atoms with van der Waals surface area (Å²) in [7, 11) is -3.83.